The van der Waals surface area contributed by atoms with Crippen LogP contribution in [0.4, 0.5) is 0 Å². The fraction of sp³-hybridized carbons (Fsp3) is 0.571. The lowest BCUT2D eigenvalue weighted by molar-refractivity contribution is 0.0784. The van der Waals surface area contributed by atoms with Crippen LogP contribution in [0.5, 0.6) is 5.88 Å². The van der Waals surface area contributed by atoms with Crippen LogP contribution < -0.4 is 4.74 Å². The molecule has 0 spiro atoms. The maximum atomic E-state index is 12.4. The van der Waals surface area contributed by atoms with E-state index in [2.05, 4.69) is 4.98 Å². The van der Waals surface area contributed by atoms with Crippen molar-refractivity contribution in [2.45, 2.75) is 25.4 Å². The number of carbonyl (C=O) groups is 1. The molecule has 2 aliphatic rings. The summed E-state index contributed by atoms with van der Waals surface area (Å²) < 4.78 is 5.91. The van der Waals surface area contributed by atoms with Crippen LogP contribution in [0.1, 0.15) is 29.6 Å². The largest absolute Gasteiger partial charge is 0.473 e. The molecule has 102 valence electrons. The summed E-state index contributed by atoms with van der Waals surface area (Å²) >= 11 is 1.89. The van der Waals surface area contributed by atoms with E-state index in [1.807, 2.05) is 22.7 Å². The van der Waals surface area contributed by atoms with Crippen LogP contribution in [-0.2, 0) is 0 Å². The molecule has 0 N–H and O–H groups in total. The van der Waals surface area contributed by atoms with Crippen molar-refractivity contribution in [1.29, 1.82) is 0 Å². The molecule has 3 heterocycles. The SMILES string of the molecule is O=C(c1cccnc1OC1CCSC1)N1CCCC1. The highest BCUT2D eigenvalue weighted by atomic mass is 32.2. The number of carbonyl (C=O) groups excluding carboxylic acids is 1. The standard InChI is InChI=1S/C14H18N2O2S/c17-14(16-7-1-2-8-16)12-4-3-6-15-13(12)18-11-5-9-19-10-11/h3-4,6,11H,1-2,5,7-10H2. The predicted octanol–water partition coefficient (Wildman–Crippen LogP) is 2.20. The van der Waals surface area contributed by atoms with Gasteiger partial charge in [-0.3, -0.25) is 4.79 Å². The lowest BCUT2D eigenvalue weighted by Crippen LogP contribution is -2.29. The van der Waals surface area contributed by atoms with E-state index >= 15 is 0 Å². The van der Waals surface area contributed by atoms with Crippen LogP contribution >= 0.6 is 11.8 Å². The Hall–Kier alpha value is -1.23. The molecular formula is C14H18N2O2S. The zero-order valence-corrected chi connectivity index (χ0v) is 11.7. The van der Waals surface area contributed by atoms with Crippen molar-refractivity contribution in [3.05, 3.63) is 23.9 Å². The molecule has 2 aliphatic heterocycles. The third-order valence-corrected chi connectivity index (χ3v) is 4.69. The molecule has 1 atom stereocenters. The zero-order valence-electron chi connectivity index (χ0n) is 10.9. The van der Waals surface area contributed by atoms with Gasteiger partial charge in [-0.05, 0) is 37.1 Å². The van der Waals surface area contributed by atoms with Crippen molar-refractivity contribution in [2.75, 3.05) is 24.6 Å². The summed E-state index contributed by atoms with van der Waals surface area (Å²) in [4.78, 5) is 18.6. The van der Waals surface area contributed by atoms with Gasteiger partial charge in [-0.1, -0.05) is 0 Å². The first-order valence-corrected chi connectivity index (χ1v) is 7.99. The molecule has 19 heavy (non-hydrogen) atoms. The fourth-order valence-electron chi connectivity index (χ4n) is 2.50. The molecule has 4 nitrogen and oxygen atoms in total. The van der Waals surface area contributed by atoms with Gasteiger partial charge in [-0.15, -0.1) is 0 Å². The Morgan fingerprint density at radius 2 is 2.26 bits per heavy atom. The third kappa shape index (κ3) is 2.86. The van der Waals surface area contributed by atoms with Gasteiger partial charge in [0.25, 0.3) is 5.91 Å². The molecule has 1 unspecified atom stereocenters. The summed E-state index contributed by atoms with van der Waals surface area (Å²) in [6.45, 7) is 1.71. The van der Waals surface area contributed by atoms with Gasteiger partial charge < -0.3 is 9.64 Å². The van der Waals surface area contributed by atoms with Gasteiger partial charge in [-0.25, -0.2) is 4.98 Å². The van der Waals surface area contributed by atoms with Crippen molar-refractivity contribution < 1.29 is 9.53 Å². The maximum absolute atomic E-state index is 12.4. The zero-order chi connectivity index (χ0) is 13.1. The second kappa shape index (κ2) is 5.82. The number of likely N-dealkylation sites (tertiary alicyclic amines) is 1. The summed E-state index contributed by atoms with van der Waals surface area (Å²) in [5, 5.41) is 0. The molecule has 3 rings (SSSR count). The Morgan fingerprint density at radius 1 is 1.42 bits per heavy atom. The Morgan fingerprint density at radius 3 is 3.00 bits per heavy atom. The average Bonchev–Trinajstić information content (AvgIpc) is 3.11. The summed E-state index contributed by atoms with van der Waals surface area (Å²) in [5.41, 5.74) is 0.612. The monoisotopic (exact) mass is 278 g/mol. The van der Waals surface area contributed by atoms with Crippen LogP contribution in [0.2, 0.25) is 0 Å². The van der Waals surface area contributed by atoms with Crippen LogP contribution in [-0.4, -0.2) is 46.5 Å². The second-order valence-corrected chi connectivity index (χ2v) is 6.11. The molecule has 0 bridgehead atoms. The number of aromatic nitrogens is 1. The van der Waals surface area contributed by atoms with Crippen LogP contribution in [0.3, 0.4) is 0 Å². The number of ether oxygens (including phenoxy) is 1. The molecule has 0 saturated carbocycles. The van der Waals surface area contributed by atoms with Crippen LogP contribution in [0, 0.1) is 0 Å². The van der Waals surface area contributed by atoms with E-state index in [1.165, 1.54) is 0 Å². The highest BCUT2D eigenvalue weighted by Crippen LogP contribution is 2.25. The van der Waals surface area contributed by atoms with E-state index in [1.54, 1.807) is 12.3 Å². The number of hydrogen-bond donors (Lipinski definition) is 0. The van der Waals surface area contributed by atoms with Crippen molar-refractivity contribution in [2.24, 2.45) is 0 Å². The minimum absolute atomic E-state index is 0.0613. The summed E-state index contributed by atoms with van der Waals surface area (Å²) in [6, 6.07) is 3.63. The molecule has 1 amide bonds. The minimum atomic E-state index is 0.0613. The maximum Gasteiger partial charge on any atom is 0.259 e. The van der Waals surface area contributed by atoms with Crippen molar-refractivity contribution >= 4 is 17.7 Å². The molecule has 5 heteroatoms. The lowest BCUT2D eigenvalue weighted by Gasteiger charge is -2.18. The quantitative estimate of drug-likeness (QED) is 0.850. The van der Waals surface area contributed by atoms with E-state index in [0.717, 1.165) is 43.9 Å². The molecule has 1 aromatic rings. The summed E-state index contributed by atoms with van der Waals surface area (Å²) in [6.07, 6.45) is 5.13. The summed E-state index contributed by atoms with van der Waals surface area (Å²) in [7, 11) is 0. The van der Waals surface area contributed by atoms with Crippen molar-refractivity contribution in [3.8, 4) is 5.88 Å². The molecule has 2 saturated heterocycles. The van der Waals surface area contributed by atoms with Crippen molar-refractivity contribution in [1.82, 2.24) is 9.88 Å². The van der Waals surface area contributed by atoms with Gasteiger partial charge in [0, 0.05) is 25.0 Å². The first-order chi connectivity index (χ1) is 9.34. The molecular weight excluding hydrogens is 260 g/mol. The fourth-order valence-corrected chi connectivity index (χ4v) is 3.60. The highest BCUT2D eigenvalue weighted by Gasteiger charge is 2.25. The van der Waals surface area contributed by atoms with Gasteiger partial charge in [0.1, 0.15) is 11.7 Å². The number of thioether (sulfide) groups is 1. The number of pyridine rings is 1. The first kappa shape index (κ1) is 12.8. The van der Waals surface area contributed by atoms with E-state index in [0.29, 0.717) is 11.4 Å². The smallest absolute Gasteiger partial charge is 0.259 e. The average molecular weight is 278 g/mol. The molecule has 0 radical (unpaired) electrons. The Bertz CT molecular complexity index is 455. The molecule has 0 aromatic carbocycles. The van der Waals surface area contributed by atoms with Crippen LogP contribution in [0.25, 0.3) is 0 Å². The summed E-state index contributed by atoms with van der Waals surface area (Å²) in [5.74, 6) is 2.69. The van der Waals surface area contributed by atoms with E-state index in [-0.39, 0.29) is 12.0 Å². The number of amides is 1. The number of rotatable bonds is 3. The van der Waals surface area contributed by atoms with E-state index in [9.17, 15) is 4.79 Å². The van der Waals surface area contributed by atoms with Gasteiger partial charge in [0.2, 0.25) is 5.88 Å². The topological polar surface area (TPSA) is 42.4 Å². The number of hydrogen-bond acceptors (Lipinski definition) is 4. The van der Waals surface area contributed by atoms with Gasteiger partial charge >= 0.3 is 0 Å². The highest BCUT2D eigenvalue weighted by molar-refractivity contribution is 7.99. The van der Waals surface area contributed by atoms with Crippen LogP contribution in [0.15, 0.2) is 18.3 Å². The Balaban J connectivity index is 1.77. The number of nitrogens with zero attached hydrogens (tertiary/aromatic N) is 2. The molecule has 2 fully saturated rings. The third-order valence-electron chi connectivity index (χ3n) is 3.56. The predicted molar refractivity (Wildman–Crippen MR) is 75.7 cm³/mol. The van der Waals surface area contributed by atoms with Gasteiger partial charge in [0.15, 0.2) is 0 Å². The van der Waals surface area contributed by atoms with Crippen molar-refractivity contribution in [3.63, 3.8) is 0 Å². The lowest BCUT2D eigenvalue weighted by atomic mass is 10.2. The first-order valence-electron chi connectivity index (χ1n) is 6.83. The molecule has 0 aliphatic carbocycles. The molecule has 1 aromatic heterocycles. The van der Waals surface area contributed by atoms with Gasteiger partial charge in [-0.2, -0.15) is 11.8 Å². The minimum Gasteiger partial charge on any atom is -0.473 e. The van der Waals surface area contributed by atoms with Gasteiger partial charge in [0.05, 0.1) is 0 Å². The Kier molecular flexibility index (Phi) is 3.92. The Labute approximate surface area is 117 Å². The van der Waals surface area contributed by atoms with E-state index < -0.39 is 0 Å². The normalized spacial score (nSPS) is 22.7. The van der Waals surface area contributed by atoms with E-state index in [4.69, 9.17) is 4.74 Å². The second-order valence-electron chi connectivity index (χ2n) is 4.96.